The standard InChI is InChI=1S/C17H17BrOS/c1-11-7-8-12(2)16(9-11)17(19)13(3)20-15-6-4-5-14(18)10-15/h4-10,13H,1-3H3. The molecule has 0 aliphatic heterocycles. The summed E-state index contributed by atoms with van der Waals surface area (Å²) in [6.45, 7) is 5.97. The molecule has 0 heterocycles. The summed E-state index contributed by atoms with van der Waals surface area (Å²) in [6, 6.07) is 14.1. The fourth-order valence-corrected chi connectivity index (χ4v) is 3.56. The minimum absolute atomic E-state index is 0.0928. The number of carbonyl (C=O) groups is 1. The van der Waals surface area contributed by atoms with Crippen LogP contribution in [0.25, 0.3) is 0 Å². The number of halogens is 1. The predicted octanol–water partition coefficient (Wildman–Crippen LogP) is 5.43. The van der Waals surface area contributed by atoms with Crippen LogP contribution in [0.15, 0.2) is 51.8 Å². The van der Waals surface area contributed by atoms with Crippen molar-refractivity contribution in [2.24, 2.45) is 0 Å². The molecule has 3 heteroatoms. The van der Waals surface area contributed by atoms with Gasteiger partial charge in [-0.3, -0.25) is 4.79 Å². The van der Waals surface area contributed by atoms with Gasteiger partial charge in [0, 0.05) is 14.9 Å². The number of Topliss-reactive ketones (excluding diaryl/α,β-unsaturated/α-hetero) is 1. The normalized spacial score (nSPS) is 12.2. The molecule has 0 aliphatic rings. The second-order valence-electron chi connectivity index (χ2n) is 4.90. The van der Waals surface area contributed by atoms with E-state index in [9.17, 15) is 4.79 Å². The molecule has 0 aromatic heterocycles. The second kappa shape index (κ2) is 6.59. The van der Waals surface area contributed by atoms with Gasteiger partial charge in [0.15, 0.2) is 5.78 Å². The molecule has 0 bridgehead atoms. The van der Waals surface area contributed by atoms with Crippen molar-refractivity contribution in [1.29, 1.82) is 0 Å². The van der Waals surface area contributed by atoms with Crippen molar-refractivity contribution < 1.29 is 4.79 Å². The number of ketones is 1. The van der Waals surface area contributed by atoms with Gasteiger partial charge in [0.1, 0.15) is 0 Å². The molecule has 0 saturated heterocycles. The van der Waals surface area contributed by atoms with E-state index in [1.165, 1.54) is 0 Å². The van der Waals surface area contributed by atoms with Gasteiger partial charge in [0.25, 0.3) is 0 Å². The highest BCUT2D eigenvalue weighted by molar-refractivity contribution is 9.10. The van der Waals surface area contributed by atoms with Crippen LogP contribution in [0.2, 0.25) is 0 Å². The van der Waals surface area contributed by atoms with Gasteiger partial charge in [-0.2, -0.15) is 0 Å². The smallest absolute Gasteiger partial charge is 0.176 e. The first kappa shape index (κ1) is 15.3. The molecule has 104 valence electrons. The molecule has 20 heavy (non-hydrogen) atoms. The summed E-state index contributed by atoms with van der Waals surface area (Å²) in [5.41, 5.74) is 3.00. The summed E-state index contributed by atoms with van der Waals surface area (Å²) in [5.74, 6) is 0.191. The van der Waals surface area contributed by atoms with E-state index < -0.39 is 0 Å². The van der Waals surface area contributed by atoms with E-state index in [4.69, 9.17) is 0 Å². The van der Waals surface area contributed by atoms with Gasteiger partial charge in [-0.25, -0.2) is 0 Å². The van der Waals surface area contributed by atoms with E-state index in [0.717, 1.165) is 26.1 Å². The molecule has 1 nitrogen and oxygen atoms in total. The van der Waals surface area contributed by atoms with E-state index in [1.807, 2.05) is 63.2 Å². The molecule has 0 N–H and O–H groups in total. The van der Waals surface area contributed by atoms with Crippen molar-refractivity contribution in [2.75, 3.05) is 0 Å². The van der Waals surface area contributed by atoms with Gasteiger partial charge in [0.05, 0.1) is 5.25 Å². The Morgan fingerprint density at radius 1 is 1.15 bits per heavy atom. The summed E-state index contributed by atoms with van der Waals surface area (Å²) >= 11 is 5.05. The number of aryl methyl sites for hydroxylation is 2. The second-order valence-corrected chi connectivity index (χ2v) is 7.23. The topological polar surface area (TPSA) is 17.1 Å². The van der Waals surface area contributed by atoms with Crippen LogP contribution in [0.3, 0.4) is 0 Å². The van der Waals surface area contributed by atoms with Crippen molar-refractivity contribution in [2.45, 2.75) is 30.9 Å². The Morgan fingerprint density at radius 3 is 2.60 bits per heavy atom. The van der Waals surface area contributed by atoms with Gasteiger partial charge in [0.2, 0.25) is 0 Å². The van der Waals surface area contributed by atoms with Gasteiger partial charge in [-0.05, 0) is 50.6 Å². The first-order valence-corrected chi connectivity index (χ1v) is 8.18. The molecular weight excluding hydrogens is 332 g/mol. The molecule has 0 spiro atoms. The highest BCUT2D eigenvalue weighted by atomic mass is 79.9. The lowest BCUT2D eigenvalue weighted by molar-refractivity contribution is 0.0993. The summed E-state index contributed by atoms with van der Waals surface area (Å²) < 4.78 is 1.04. The van der Waals surface area contributed by atoms with Crippen LogP contribution in [0, 0.1) is 13.8 Å². The Bertz CT molecular complexity index is 637. The molecule has 0 saturated carbocycles. The summed E-state index contributed by atoms with van der Waals surface area (Å²) in [5, 5.41) is -0.0928. The van der Waals surface area contributed by atoms with Crippen LogP contribution in [-0.4, -0.2) is 11.0 Å². The first-order chi connectivity index (χ1) is 9.47. The average molecular weight is 349 g/mol. The lowest BCUT2D eigenvalue weighted by Gasteiger charge is -2.13. The van der Waals surface area contributed by atoms with Crippen LogP contribution in [0.5, 0.6) is 0 Å². The molecule has 2 rings (SSSR count). The number of thioether (sulfide) groups is 1. The summed E-state index contributed by atoms with van der Waals surface area (Å²) in [4.78, 5) is 13.7. The Balaban J connectivity index is 2.18. The highest BCUT2D eigenvalue weighted by Crippen LogP contribution is 2.28. The molecule has 0 aliphatic carbocycles. The Morgan fingerprint density at radius 2 is 1.90 bits per heavy atom. The van der Waals surface area contributed by atoms with E-state index in [-0.39, 0.29) is 11.0 Å². The SMILES string of the molecule is Cc1ccc(C)c(C(=O)C(C)Sc2cccc(Br)c2)c1. The van der Waals surface area contributed by atoms with E-state index in [2.05, 4.69) is 15.9 Å². The first-order valence-electron chi connectivity index (χ1n) is 6.51. The maximum Gasteiger partial charge on any atom is 0.176 e. The molecule has 1 unspecified atom stereocenters. The molecule has 2 aromatic carbocycles. The molecular formula is C17H17BrOS. The van der Waals surface area contributed by atoms with E-state index in [0.29, 0.717) is 0 Å². The lowest BCUT2D eigenvalue weighted by Crippen LogP contribution is -2.15. The Hall–Kier alpha value is -1.06. The molecule has 0 radical (unpaired) electrons. The Labute approximate surface area is 132 Å². The van der Waals surface area contributed by atoms with Crippen molar-refractivity contribution in [3.63, 3.8) is 0 Å². The number of hydrogen-bond donors (Lipinski definition) is 0. The van der Waals surface area contributed by atoms with E-state index >= 15 is 0 Å². The monoisotopic (exact) mass is 348 g/mol. The van der Waals surface area contributed by atoms with Crippen molar-refractivity contribution in [3.05, 3.63) is 63.6 Å². The van der Waals surface area contributed by atoms with Crippen molar-refractivity contribution in [3.8, 4) is 0 Å². The third-order valence-electron chi connectivity index (χ3n) is 3.14. The third kappa shape index (κ3) is 3.74. The number of hydrogen-bond acceptors (Lipinski definition) is 2. The minimum Gasteiger partial charge on any atom is -0.293 e. The lowest BCUT2D eigenvalue weighted by atomic mass is 10.0. The third-order valence-corrected chi connectivity index (χ3v) is 4.72. The summed E-state index contributed by atoms with van der Waals surface area (Å²) in [6.07, 6.45) is 0. The fraction of sp³-hybridized carbons (Fsp3) is 0.235. The summed E-state index contributed by atoms with van der Waals surface area (Å²) in [7, 11) is 0. The molecule has 2 aromatic rings. The molecule has 0 amide bonds. The average Bonchev–Trinajstić information content (AvgIpc) is 2.40. The minimum atomic E-state index is -0.0928. The zero-order valence-electron chi connectivity index (χ0n) is 11.8. The number of benzene rings is 2. The van der Waals surface area contributed by atoms with Crippen LogP contribution in [0.4, 0.5) is 0 Å². The zero-order valence-corrected chi connectivity index (χ0v) is 14.2. The Kier molecular flexibility index (Phi) is 5.06. The van der Waals surface area contributed by atoms with Gasteiger partial charge < -0.3 is 0 Å². The van der Waals surface area contributed by atoms with Crippen molar-refractivity contribution >= 4 is 33.5 Å². The van der Waals surface area contributed by atoms with Crippen LogP contribution in [-0.2, 0) is 0 Å². The van der Waals surface area contributed by atoms with Gasteiger partial charge >= 0.3 is 0 Å². The number of rotatable bonds is 4. The van der Waals surface area contributed by atoms with E-state index in [1.54, 1.807) is 11.8 Å². The van der Waals surface area contributed by atoms with Gasteiger partial charge in [-0.15, -0.1) is 11.8 Å². The fourth-order valence-electron chi connectivity index (χ4n) is 2.02. The van der Waals surface area contributed by atoms with Gasteiger partial charge in [-0.1, -0.05) is 39.7 Å². The quantitative estimate of drug-likeness (QED) is 0.541. The highest BCUT2D eigenvalue weighted by Gasteiger charge is 2.18. The van der Waals surface area contributed by atoms with Crippen LogP contribution in [0.1, 0.15) is 28.4 Å². The van der Waals surface area contributed by atoms with Crippen LogP contribution >= 0.6 is 27.7 Å². The largest absolute Gasteiger partial charge is 0.293 e. The zero-order chi connectivity index (χ0) is 14.7. The molecule has 0 fully saturated rings. The molecule has 1 atom stereocenters. The number of carbonyl (C=O) groups excluding carboxylic acids is 1. The maximum absolute atomic E-state index is 12.6. The predicted molar refractivity (Wildman–Crippen MR) is 89.7 cm³/mol. The van der Waals surface area contributed by atoms with Crippen LogP contribution < -0.4 is 0 Å². The van der Waals surface area contributed by atoms with Crippen molar-refractivity contribution in [1.82, 2.24) is 0 Å². The maximum atomic E-state index is 12.6.